The number of amides is 1. The number of nitrogens with zero attached hydrogens (tertiary/aromatic N) is 1. The van der Waals surface area contributed by atoms with Crippen LogP contribution in [-0.2, 0) is 0 Å². The Kier molecular flexibility index (Phi) is 5.99. The molecule has 1 amide bonds. The number of benzene rings is 1. The Morgan fingerprint density at radius 2 is 1.62 bits per heavy atom. The number of hydrogen-bond acceptors (Lipinski definition) is 2. The van der Waals surface area contributed by atoms with Crippen LogP contribution in [0.15, 0.2) is 47.1 Å². The molecule has 2 N–H and O–H groups in total. The highest BCUT2D eigenvalue weighted by molar-refractivity contribution is 6.02. The number of anilines is 2. The van der Waals surface area contributed by atoms with Crippen LogP contribution in [-0.4, -0.2) is 30.4 Å². The summed E-state index contributed by atoms with van der Waals surface area (Å²) in [5.74, 6) is 1.08. The Bertz CT molecular complexity index is 615. The van der Waals surface area contributed by atoms with Crippen molar-refractivity contribution in [3.63, 3.8) is 0 Å². The van der Waals surface area contributed by atoms with Gasteiger partial charge in [0, 0.05) is 12.6 Å². The molecular formula is C15H19ClN3O2+. The standard InChI is InChI=1S/C15H17N3O2.ClH/c1-11(18(2)3)16-12-6-8-13(9-7-12)17-15(19)14-5-4-10-20-14;/h4-10H,1-3H3,(H,17,19);1H/p+1. The molecule has 0 atom stereocenters. The van der Waals surface area contributed by atoms with E-state index < -0.39 is 0 Å². The first-order valence-corrected chi connectivity index (χ1v) is 6.29. The topological polar surface area (TPSA) is 57.3 Å². The predicted molar refractivity (Wildman–Crippen MR) is 86.8 cm³/mol. The van der Waals surface area contributed by atoms with Crippen LogP contribution in [0.25, 0.3) is 0 Å². The number of furan rings is 1. The van der Waals surface area contributed by atoms with Gasteiger partial charge in [-0.3, -0.25) is 9.37 Å². The first kappa shape index (κ1) is 16.8. The number of halogens is 1. The zero-order chi connectivity index (χ0) is 14.5. The van der Waals surface area contributed by atoms with E-state index in [9.17, 15) is 4.79 Å². The molecule has 112 valence electrons. The minimum absolute atomic E-state index is 0. The van der Waals surface area contributed by atoms with Crippen LogP contribution in [0.4, 0.5) is 11.4 Å². The molecular weight excluding hydrogens is 290 g/mol. The molecule has 0 aliphatic rings. The Hall–Kier alpha value is -2.27. The molecule has 0 bridgehead atoms. The van der Waals surface area contributed by atoms with Crippen LogP contribution in [0.2, 0.25) is 0 Å². The average molecular weight is 309 g/mol. The van der Waals surface area contributed by atoms with E-state index in [4.69, 9.17) is 4.42 Å². The van der Waals surface area contributed by atoms with Gasteiger partial charge in [0.2, 0.25) is 5.84 Å². The lowest BCUT2D eigenvalue weighted by atomic mass is 10.2. The van der Waals surface area contributed by atoms with Gasteiger partial charge in [0.05, 0.1) is 20.4 Å². The highest BCUT2D eigenvalue weighted by Gasteiger charge is 2.09. The van der Waals surface area contributed by atoms with Gasteiger partial charge in [0.15, 0.2) is 5.76 Å². The summed E-state index contributed by atoms with van der Waals surface area (Å²) in [5, 5.41) is 6.03. The van der Waals surface area contributed by atoms with Crippen LogP contribution >= 0.6 is 12.4 Å². The average Bonchev–Trinajstić information content (AvgIpc) is 2.95. The van der Waals surface area contributed by atoms with Gasteiger partial charge >= 0.3 is 0 Å². The zero-order valence-electron chi connectivity index (χ0n) is 12.2. The van der Waals surface area contributed by atoms with Crippen LogP contribution in [0.1, 0.15) is 17.5 Å². The fourth-order valence-electron chi connectivity index (χ4n) is 1.56. The summed E-state index contributed by atoms with van der Waals surface area (Å²) in [7, 11) is 3.95. The largest absolute Gasteiger partial charge is 0.459 e. The Balaban J connectivity index is 0.00000220. The number of rotatable bonds is 3. The van der Waals surface area contributed by atoms with Crippen LogP contribution in [0.3, 0.4) is 0 Å². The van der Waals surface area contributed by atoms with Gasteiger partial charge in [-0.05, 0) is 36.4 Å². The minimum atomic E-state index is -0.258. The van der Waals surface area contributed by atoms with Gasteiger partial charge in [-0.25, -0.2) is 5.32 Å². The van der Waals surface area contributed by atoms with Gasteiger partial charge in [0.1, 0.15) is 5.69 Å². The second-order valence-electron chi connectivity index (χ2n) is 4.61. The van der Waals surface area contributed by atoms with E-state index in [0.717, 1.165) is 17.2 Å². The Labute approximate surface area is 130 Å². The molecule has 21 heavy (non-hydrogen) atoms. The van der Waals surface area contributed by atoms with Crippen molar-refractivity contribution in [2.24, 2.45) is 0 Å². The molecule has 0 aliphatic carbocycles. The third-order valence-electron chi connectivity index (χ3n) is 2.88. The van der Waals surface area contributed by atoms with E-state index in [2.05, 4.69) is 10.6 Å². The molecule has 1 heterocycles. The minimum Gasteiger partial charge on any atom is -0.459 e. The molecule has 1 aromatic heterocycles. The molecule has 0 unspecified atom stereocenters. The second kappa shape index (κ2) is 7.50. The first-order chi connectivity index (χ1) is 9.56. The van der Waals surface area contributed by atoms with E-state index in [1.165, 1.54) is 6.26 Å². The maximum atomic E-state index is 11.8. The summed E-state index contributed by atoms with van der Waals surface area (Å²) in [5.41, 5.74) is 1.69. The smallest absolute Gasteiger partial charge is 0.291 e. The van der Waals surface area contributed by atoms with Crippen molar-refractivity contribution >= 4 is 35.5 Å². The lowest BCUT2D eigenvalue weighted by Crippen LogP contribution is -2.18. The summed E-state index contributed by atoms with van der Waals surface area (Å²) in [6, 6.07) is 10.8. The Morgan fingerprint density at radius 3 is 2.10 bits per heavy atom. The van der Waals surface area contributed by atoms with Crippen LogP contribution in [0.5, 0.6) is 0 Å². The molecule has 0 radical (unpaired) electrons. The monoisotopic (exact) mass is 308 g/mol. The second-order valence-corrected chi connectivity index (χ2v) is 4.61. The van der Waals surface area contributed by atoms with Crippen LogP contribution < -0.4 is 10.6 Å². The summed E-state index contributed by atoms with van der Waals surface area (Å²) in [6.45, 7) is 1.99. The van der Waals surface area contributed by atoms with Gasteiger partial charge in [-0.15, -0.1) is 12.4 Å². The molecule has 0 fully saturated rings. The molecule has 0 saturated heterocycles. The van der Waals surface area contributed by atoms with E-state index in [0.29, 0.717) is 5.76 Å². The van der Waals surface area contributed by atoms with Gasteiger partial charge in [-0.2, -0.15) is 0 Å². The van der Waals surface area contributed by atoms with Crippen molar-refractivity contribution < 1.29 is 13.8 Å². The molecule has 2 rings (SSSR count). The predicted octanol–water partition coefficient (Wildman–Crippen LogP) is 3.06. The third-order valence-corrected chi connectivity index (χ3v) is 2.88. The number of amidine groups is 1. The van der Waals surface area contributed by atoms with E-state index in [1.54, 1.807) is 12.1 Å². The quantitative estimate of drug-likeness (QED) is 0.520. The number of carbonyl (C=O) groups excluding carboxylic acids is 1. The molecule has 0 aliphatic heterocycles. The fourth-order valence-corrected chi connectivity index (χ4v) is 1.56. The summed E-state index contributed by atoms with van der Waals surface area (Å²) < 4.78 is 7.03. The van der Waals surface area contributed by atoms with Gasteiger partial charge in [0.25, 0.3) is 5.91 Å². The lowest BCUT2D eigenvalue weighted by molar-refractivity contribution is -0.464. The van der Waals surface area contributed by atoms with Crippen molar-refractivity contribution in [3.8, 4) is 0 Å². The number of nitrogens with one attached hydrogen (secondary N) is 2. The maximum absolute atomic E-state index is 11.8. The lowest BCUT2D eigenvalue weighted by Gasteiger charge is -2.05. The van der Waals surface area contributed by atoms with Crippen molar-refractivity contribution in [1.29, 1.82) is 0 Å². The molecule has 0 spiro atoms. The maximum Gasteiger partial charge on any atom is 0.291 e. The number of carbonyl (C=O) groups is 1. The highest BCUT2D eigenvalue weighted by atomic mass is 35.5. The van der Waals surface area contributed by atoms with E-state index in [1.807, 2.05) is 49.9 Å². The van der Waals surface area contributed by atoms with Crippen molar-refractivity contribution in [2.75, 3.05) is 24.7 Å². The molecule has 1 aromatic carbocycles. The first-order valence-electron chi connectivity index (χ1n) is 6.29. The fraction of sp³-hybridized carbons (Fsp3) is 0.200. The Morgan fingerprint density at radius 1 is 1.05 bits per heavy atom. The SMILES string of the molecule is CC(Nc1ccc(NC(=O)c2ccco2)cc1)=[N+](C)C.Cl. The third kappa shape index (κ3) is 4.65. The van der Waals surface area contributed by atoms with Crippen molar-refractivity contribution in [2.45, 2.75) is 6.92 Å². The van der Waals surface area contributed by atoms with Crippen LogP contribution in [0, 0.1) is 0 Å². The van der Waals surface area contributed by atoms with Gasteiger partial charge < -0.3 is 9.73 Å². The van der Waals surface area contributed by atoms with Crippen molar-refractivity contribution in [1.82, 2.24) is 0 Å². The molecule has 2 aromatic rings. The summed E-state index contributed by atoms with van der Waals surface area (Å²) >= 11 is 0. The summed E-state index contributed by atoms with van der Waals surface area (Å²) in [6.07, 6.45) is 1.47. The van der Waals surface area contributed by atoms with Crippen molar-refractivity contribution in [3.05, 3.63) is 48.4 Å². The van der Waals surface area contributed by atoms with E-state index in [-0.39, 0.29) is 18.3 Å². The zero-order valence-corrected chi connectivity index (χ0v) is 13.0. The molecule has 0 saturated carbocycles. The normalized spacial score (nSPS) is 9.48. The highest BCUT2D eigenvalue weighted by Crippen LogP contribution is 2.14. The summed E-state index contributed by atoms with van der Waals surface area (Å²) in [4.78, 5) is 11.8. The molecule has 5 nitrogen and oxygen atoms in total. The number of hydrogen-bond donors (Lipinski definition) is 2. The molecule has 6 heteroatoms. The van der Waals surface area contributed by atoms with E-state index >= 15 is 0 Å². The van der Waals surface area contributed by atoms with Gasteiger partial charge in [-0.1, -0.05) is 0 Å².